The second-order valence-electron chi connectivity index (χ2n) is 6.27. The van der Waals surface area contributed by atoms with Crippen LogP contribution in [0, 0.1) is 5.92 Å². The van der Waals surface area contributed by atoms with Gasteiger partial charge in [0.15, 0.2) is 0 Å². The van der Waals surface area contributed by atoms with Gasteiger partial charge in [-0.25, -0.2) is 4.68 Å². The summed E-state index contributed by atoms with van der Waals surface area (Å²) in [5.41, 5.74) is 1.06. The van der Waals surface area contributed by atoms with Gasteiger partial charge in [0.1, 0.15) is 5.82 Å². The molecule has 166 valence electrons. The first-order chi connectivity index (χ1) is 14.4. The molecule has 0 radical (unpaired) electrons. The molecule has 1 unspecified atom stereocenters. The standard InChI is InChI=1S/C18H19F3N4O.2C2H6/c1-2-16(26)22-8-13-9-23-17-14(10-24-25(17)11-13)7-12-3-5-15(6-4-12)18(19,20)21;2*1-2/h2-6,10,13,23H,1,7-9,11H2,(H,22,26);2*1-2H3. The van der Waals surface area contributed by atoms with Crippen molar-refractivity contribution in [2.75, 3.05) is 18.4 Å². The number of hydrogen-bond acceptors (Lipinski definition) is 3. The molecule has 1 aliphatic rings. The quantitative estimate of drug-likeness (QED) is 0.672. The van der Waals surface area contributed by atoms with Crippen LogP contribution >= 0.6 is 0 Å². The van der Waals surface area contributed by atoms with Crippen LogP contribution in [0.5, 0.6) is 0 Å². The fraction of sp³-hybridized carbons (Fsp3) is 0.455. The molecule has 8 heteroatoms. The van der Waals surface area contributed by atoms with Gasteiger partial charge in [-0.05, 0) is 23.8 Å². The van der Waals surface area contributed by atoms with E-state index in [0.717, 1.165) is 29.1 Å². The predicted octanol–water partition coefficient (Wildman–Crippen LogP) is 4.89. The molecule has 1 aliphatic heterocycles. The molecule has 3 rings (SSSR count). The number of anilines is 1. The van der Waals surface area contributed by atoms with Gasteiger partial charge >= 0.3 is 6.18 Å². The highest BCUT2D eigenvalue weighted by atomic mass is 19.4. The highest BCUT2D eigenvalue weighted by Crippen LogP contribution is 2.30. The van der Waals surface area contributed by atoms with Crippen LogP contribution in [0.25, 0.3) is 0 Å². The molecule has 0 saturated carbocycles. The average molecular weight is 425 g/mol. The molecular formula is C22H31F3N4O. The number of benzene rings is 1. The van der Waals surface area contributed by atoms with Crippen molar-refractivity contribution in [1.29, 1.82) is 0 Å². The van der Waals surface area contributed by atoms with Gasteiger partial charge in [-0.3, -0.25) is 4.79 Å². The van der Waals surface area contributed by atoms with Crippen LogP contribution in [-0.2, 0) is 23.9 Å². The summed E-state index contributed by atoms with van der Waals surface area (Å²) in [5, 5.41) is 10.4. The molecule has 30 heavy (non-hydrogen) atoms. The smallest absolute Gasteiger partial charge is 0.370 e. The lowest BCUT2D eigenvalue weighted by molar-refractivity contribution is -0.137. The van der Waals surface area contributed by atoms with Crippen molar-refractivity contribution in [2.24, 2.45) is 5.92 Å². The maximum absolute atomic E-state index is 12.6. The Morgan fingerprint density at radius 1 is 1.27 bits per heavy atom. The second kappa shape index (κ2) is 12.0. The normalized spacial score (nSPS) is 14.7. The van der Waals surface area contributed by atoms with Crippen LogP contribution in [-0.4, -0.2) is 28.8 Å². The van der Waals surface area contributed by atoms with Crippen LogP contribution in [0.15, 0.2) is 43.1 Å². The van der Waals surface area contributed by atoms with E-state index in [1.807, 2.05) is 32.4 Å². The molecule has 0 saturated heterocycles. The van der Waals surface area contributed by atoms with Gasteiger partial charge in [-0.2, -0.15) is 18.3 Å². The van der Waals surface area contributed by atoms with Crippen LogP contribution in [0.4, 0.5) is 19.0 Å². The first-order valence-corrected chi connectivity index (χ1v) is 10.2. The van der Waals surface area contributed by atoms with E-state index < -0.39 is 11.7 Å². The van der Waals surface area contributed by atoms with Crippen molar-refractivity contribution >= 4 is 11.7 Å². The molecule has 1 aromatic heterocycles. The minimum absolute atomic E-state index is 0.199. The molecule has 1 aromatic carbocycles. The summed E-state index contributed by atoms with van der Waals surface area (Å²) in [6.07, 6.45) is -0.867. The molecular weight excluding hydrogens is 393 g/mol. The topological polar surface area (TPSA) is 59.0 Å². The molecule has 0 aliphatic carbocycles. The third kappa shape index (κ3) is 6.93. The Labute approximate surface area is 176 Å². The summed E-state index contributed by atoms with van der Waals surface area (Å²) in [6, 6.07) is 5.17. The lowest BCUT2D eigenvalue weighted by Gasteiger charge is -2.25. The van der Waals surface area contributed by atoms with Crippen LogP contribution < -0.4 is 10.6 Å². The van der Waals surface area contributed by atoms with Gasteiger partial charge in [0.25, 0.3) is 0 Å². The zero-order valence-corrected chi connectivity index (χ0v) is 18.0. The van der Waals surface area contributed by atoms with E-state index in [2.05, 4.69) is 22.3 Å². The molecule has 1 atom stereocenters. The van der Waals surface area contributed by atoms with Gasteiger partial charge in [0, 0.05) is 37.5 Å². The average Bonchev–Trinajstić information content (AvgIpc) is 3.16. The third-order valence-electron chi connectivity index (χ3n) is 4.33. The lowest BCUT2D eigenvalue weighted by Crippen LogP contribution is -2.37. The van der Waals surface area contributed by atoms with E-state index in [4.69, 9.17) is 0 Å². The van der Waals surface area contributed by atoms with Crippen molar-refractivity contribution in [2.45, 2.75) is 46.8 Å². The number of rotatable bonds is 5. The molecule has 0 bridgehead atoms. The molecule has 2 N–H and O–H groups in total. The van der Waals surface area contributed by atoms with E-state index in [9.17, 15) is 18.0 Å². The summed E-state index contributed by atoms with van der Waals surface area (Å²) in [5.74, 6) is 0.862. The first-order valence-electron chi connectivity index (χ1n) is 10.2. The zero-order valence-electron chi connectivity index (χ0n) is 18.0. The summed E-state index contributed by atoms with van der Waals surface area (Å²) in [6.45, 7) is 13.3. The number of nitrogens with one attached hydrogen (secondary N) is 2. The summed E-state index contributed by atoms with van der Waals surface area (Å²) < 4.78 is 39.7. The maximum Gasteiger partial charge on any atom is 0.416 e. The number of carbonyl (C=O) groups excluding carboxylic acids is 1. The number of hydrogen-bond donors (Lipinski definition) is 2. The van der Waals surface area contributed by atoms with E-state index in [-0.39, 0.29) is 11.8 Å². The number of aromatic nitrogens is 2. The zero-order chi connectivity index (χ0) is 22.7. The number of nitrogens with zero attached hydrogens (tertiary/aromatic N) is 2. The fourth-order valence-electron chi connectivity index (χ4n) is 2.93. The van der Waals surface area contributed by atoms with E-state index >= 15 is 0 Å². The Balaban J connectivity index is 0.00000106. The van der Waals surface area contributed by atoms with Gasteiger partial charge in [-0.1, -0.05) is 46.4 Å². The highest BCUT2D eigenvalue weighted by Gasteiger charge is 2.30. The van der Waals surface area contributed by atoms with Gasteiger partial charge in [0.2, 0.25) is 5.91 Å². The summed E-state index contributed by atoms with van der Waals surface area (Å²) in [7, 11) is 0. The highest BCUT2D eigenvalue weighted by molar-refractivity contribution is 5.86. The van der Waals surface area contributed by atoms with Crippen molar-refractivity contribution in [1.82, 2.24) is 15.1 Å². The van der Waals surface area contributed by atoms with Crippen LogP contribution in [0.1, 0.15) is 44.4 Å². The Morgan fingerprint density at radius 2 is 1.90 bits per heavy atom. The Hall–Kier alpha value is -2.77. The minimum Gasteiger partial charge on any atom is -0.370 e. The molecule has 2 aromatic rings. The monoisotopic (exact) mass is 424 g/mol. The van der Waals surface area contributed by atoms with Crippen molar-refractivity contribution in [3.05, 3.63) is 59.8 Å². The van der Waals surface area contributed by atoms with E-state index in [1.165, 1.54) is 18.2 Å². The number of carbonyl (C=O) groups is 1. The number of amides is 1. The Kier molecular flexibility index (Phi) is 10.1. The van der Waals surface area contributed by atoms with Gasteiger partial charge in [-0.15, -0.1) is 0 Å². The molecule has 2 heterocycles. The third-order valence-corrected chi connectivity index (χ3v) is 4.33. The van der Waals surface area contributed by atoms with Crippen LogP contribution in [0.3, 0.4) is 0 Å². The molecule has 0 spiro atoms. The van der Waals surface area contributed by atoms with Gasteiger partial charge < -0.3 is 10.6 Å². The Morgan fingerprint density at radius 3 is 2.47 bits per heavy atom. The largest absolute Gasteiger partial charge is 0.416 e. The number of fused-ring (bicyclic) bond motifs is 1. The summed E-state index contributed by atoms with van der Waals surface area (Å²) in [4.78, 5) is 11.3. The molecule has 1 amide bonds. The van der Waals surface area contributed by atoms with Crippen LogP contribution in [0.2, 0.25) is 0 Å². The Bertz CT molecular complexity index is 798. The van der Waals surface area contributed by atoms with Crippen molar-refractivity contribution in [3.63, 3.8) is 0 Å². The molecule has 0 fully saturated rings. The maximum atomic E-state index is 12.6. The van der Waals surface area contributed by atoms with E-state index in [0.29, 0.717) is 26.1 Å². The van der Waals surface area contributed by atoms with Crippen molar-refractivity contribution in [3.8, 4) is 0 Å². The molecule has 5 nitrogen and oxygen atoms in total. The predicted molar refractivity (Wildman–Crippen MR) is 114 cm³/mol. The second-order valence-corrected chi connectivity index (χ2v) is 6.27. The number of halogens is 3. The SMILES string of the molecule is C=CC(=O)NCC1CNc2c(Cc3ccc(C(F)(F)F)cc3)cnn2C1.CC.CC. The van der Waals surface area contributed by atoms with E-state index in [1.54, 1.807) is 6.20 Å². The lowest BCUT2D eigenvalue weighted by atomic mass is 10.0. The summed E-state index contributed by atoms with van der Waals surface area (Å²) >= 11 is 0. The fourth-order valence-corrected chi connectivity index (χ4v) is 2.93. The first kappa shape index (κ1) is 25.3. The number of alkyl halides is 3. The van der Waals surface area contributed by atoms with Gasteiger partial charge in [0.05, 0.1) is 11.8 Å². The van der Waals surface area contributed by atoms with Crippen molar-refractivity contribution < 1.29 is 18.0 Å². The minimum atomic E-state index is -4.33.